The Labute approximate surface area is 228 Å². The second-order valence-electron chi connectivity index (χ2n) is 8.87. The number of hydrogen-bond acceptors (Lipinski definition) is 6. The molecule has 2 aliphatic rings. The molecule has 210 valence electrons. The molecule has 0 unspecified atom stereocenters. The van der Waals surface area contributed by atoms with Crippen LogP contribution in [0, 0.1) is 0 Å². The van der Waals surface area contributed by atoms with Gasteiger partial charge in [0, 0.05) is 41.7 Å². The van der Waals surface area contributed by atoms with Crippen molar-refractivity contribution in [3.63, 3.8) is 0 Å². The van der Waals surface area contributed by atoms with Crippen LogP contribution in [-0.4, -0.2) is 57.3 Å². The molecule has 2 aromatic carbocycles. The average molecular weight is 574 g/mol. The Kier molecular flexibility index (Phi) is 8.05. The van der Waals surface area contributed by atoms with Gasteiger partial charge in [0.2, 0.25) is 5.96 Å². The van der Waals surface area contributed by atoms with Crippen molar-refractivity contribution in [1.82, 2.24) is 14.7 Å². The third-order valence-corrected chi connectivity index (χ3v) is 7.57. The van der Waals surface area contributed by atoms with Crippen molar-refractivity contribution in [3.8, 4) is 0 Å². The number of anilines is 2. The maximum Gasteiger partial charge on any atom is 0.416 e. The van der Waals surface area contributed by atoms with E-state index in [-0.39, 0.29) is 28.8 Å². The number of halogens is 3. The Hall–Kier alpha value is -3.94. The Bertz CT molecular complexity index is 1610. The maximum atomic E-state index is 13.4. The van der Waals surface area contributed by atoms with E-state index in [4.69, 9.17) is 9.47 Å². The van der Waals surface area contributed by atoms with E-state index in [0.29, 0.717) is 6.42 Å². The van der Waals surface area contributed by atoms with Gasteiger partial charge in [0.25, 0.3) is 10.0 Å². The van der Waals surface area contributed by atoms with Crippen LogP contribution in [0.15, 0.2) is 83.1 Å². The number of H-pyrrole nitrogens is 1. The number of fused-ring (bicyclic) bond motifs is 2. The summed E-state index contributed by atoms with van der Waals surface area (Å²) in [4.78, 5) is 12.7. The maximum absolute atomic E-state index is 13.4. The Morgan fingerprint density at radius 3 is 2.48 bits per heavy atom. The minimum absolute atomic E-state index is 0.0853. The number of aliphatic imine (C=N–C) groups is 1. The Morgan fingerprint density at radius 2 is 1.75 bits per heavy atom. The summed E-state index contributed by atoms with van der Waals surface area (Å²) < 4.78 is 78.0. The highest BCUT2D eigenvalue weighted by molar-refractivity contribution is 7.90. The zero-order chi connectivity index (χ0) is 28.2. The normalized spacial score (nSPS) is 17.6. The van der Waals surface area contributed by atoms with Crippen molar-refractivity contribution in [1.29, 1.82) is 0 Å². The largest absolute Gasteiger partial charge is 0.416 e. The number of guanidine groups is 1. The number of benzene rings is 2. The summed E-state index contributed by atoms with van der Waals surface area (Å²) in [5, 5.41) is 1.03. The zero-order valence-corrected chi connectivity index (χ0v) is 22.0. The number of sulfonamides is 1. The molecule has 0 aliphatic carbocycles. The molecule has 4 heterocycles. The van der Waals surface area contributed by atoms with Gasteiger partial charge in [0.15, 0.2) is 0 Å². The van der Waals surface area contributed by atoms with Gasteiger partial charge in [0.05, 0.1) is 37.7 Å². The van der Waals surface area contributed by atoms with E-state index in [9.17, 15) is 21.6 Å². The molecule has 0 spiro atoms. The smallest absolute Gasteiger partial charge is 0.377 e. The molecule has 1 fully saturated rings. The van der Waals surface area contributed by atoms with E-state index in [1.165, 1.54) is 29.3 Å². The molecule has 2 aliphatic heterocycles. The molecule has 0 bridgehead atoms. The van der Waals surface area contributed by atoms with Crippen molar-refractivity contribution >= 4 is 38.3 Å². The molecule has 1 saturated heterocycles. The van der Waals surface area contributed by atoms with E-state index in [1.807, 2.05) is 30.5 Å². The molecule has 0 amide bonds. The standard InChI is InChI=1S/C23H18F3N5O2S.C4H8O2/c24-23(25,26)16-4-3-5-17(12-16)31-20-9-10-27-14-21(20)34(32,33)30-22(31)28-11-8-15-13-29-19-7-2-1-6-18(15)19;1-2-6-4-3-5-1/h1-7,9-10,12-14,29H,8,11H2,(H,28,30);1-4H2. The minimum Gasteiger partial charge on any atom is -0.377 e. The number of aromatic amines is 1. The monoisotopic (exact) mass is 573 g/mol. The summed E-state index contributed by atoms with van der Waals surface area (Å²) >= 11 is 0. The van der Waals surface area contributed by atoms with Gasteiger partial charge in [-0.1, -0.05) is 24.3 Å². The summed E-state index contributed by atoms with van der Waals surface area (Å²) in [6.07, 6.45) is 0.334. The van der Waals surface area contributed by atoms with Crippen LogP contribution >= 0.6 is 0 Å². The molecule has 2 N–H and O–H groups in total. The minimum atomic E-state index is -4.56. The van der Waals surface area contributed by atoms with Gasteiger partial charge in [0.1, 0.15) is 4.90 Å². The summed E-state index contributed by atoms with van der Waals surface area (Å²) in [5.41, 5.74) is 1.39. The molecule has 0 saturated carbocycles. The summed E-state index contributed by atoms with van der Waals surface area (Å²) in [6.45, 7) is 3.32. The van der Waals surface area contributed by atoms with Crippen LogP contribution in [0.1, 0.15) is 11.1 Å². The average Bonchev–Trinajstić information content (AvgIpc) is 3.37. The first-order valence-corrected chi connectivity index (χ1v) is 13.9. The molecule has 2 aromatic heterocycles. The number of alkyl halides is 3. The topological polar surface area (TPSA) is 109 Å². The van der Waals surface area contributed by atoms with E-state index >= 15 is 0 Å². The molecule has 6 rings (SSSR count). The van der Waals surface area contributed by atoms with E-state index in [1.54, 1.807) is 0 Å². The van der Waals surface area contributed by atoms with Crippen molar-refractivity contribution in [2.75, 3.05) is 37.9 Å². The van der Waals surface area contributed by atoms with Gasteiger partial charge in [-0.3, -0.25) is 14.9 Å². The van der Waals surface area contributed by atoms with Crippen molar-refractivity contribution < 1.29 is 31.1 Å². The molecule has 13 heteroatoms. The predicted octanol–water partition coefficient (Wildman–Crippen LogP) is 4.64. The van der Waals surface area contributed by atoms with Gasteiger partial charge >= 0.3 is 6.18 Å². The van der Waals surface area contributed by atoms with Gasteiger partial charge in [-0.15, -0.1) is 0 Å². The van der Waals surface area contributed by atoms with Gasteiger partial charge in [-0.25, -0.2) is 13.1 Å². The van der Waals surface area contributed by atoms with E-state index in [0.717, 1.165) is 61.2 Å². The number of rotatable bonds is 4. The molecule has 4 aromatic rings. The summed E-state index contributed by atoms with van der Waals surface area (Å²) in [6, 6.07) is 13.8. The first-order valence-electron chi connectivity index (χ1n) is 12.4. The van der Waals surface area contributed by atoms with E-state index < -0.39 is 21.8 Å². The number of hydrogen-bond donors (Lipinski definition) is 2. The fraction of sp³-hybridized carbons (Fsp3) is 0.259. The van der Waals surface area contributed by atoms with Crippen LogP contribution in [0.2, 0.25) is 0 Å². The fourth-order valence-electron chi connectivity index (χ4n) is 4.35. The lowest BCUT2D eigenvalue weighted by atomic mass is 10.1. The van der Waals surface area contributed by atoms with Crippen LogP contribution in [0.5, 0.6) is 0 Å². The highest BCUT2D eigenvalue weighted by Crippen LogP contribution is 2.37. The van der Waals surface area contributed by atoms with Gasteiger partial charge in [-0.2, -0.15) is 13.2 Å². The number of nitrogens with zero attached hydrogens (tertiary/aromatic N) is 3. The molecular formula is C27H26F3N5O4S. The van der Waals surface area contributed by atoms with Crippen LogP contribution < -0.4 is 9.62 Å². The Morgan fingerprint density at radius 1 is 1.00 bits per heavy atom. The van der Waals surface area contributed by atoms with Crippen molar-refractivity contribution in [2.24, 2.45) is 4.99 Å². The fourth-order valence-corrected chi connectivity index (χ4v) is 5.49. The van der Waals surface area contributed by atoms with Crippen molar-refractivity contribution in [2.45, 2.75) is 17.5 Å². The van der Waals surface area contributed by atoms with Crippen LogP contribution in [0.25, 0.3) is 10.9 Å². The number of aromatic nitrogens is 2. The highest BCUT2D eigenvalue weighted by Gasteiger charge is 2.36. The van der Waals surface area contributed by atoms with Gasteiger partial charge in [-0.05, 0) is 42.3 Å². The Balaban J connectivity index is 0.000000477. The van der Waals surface area contributed by atoms with E-state index in [2.05, 4.69) is 19.7 Å². The lowest BCUT2D eigenvalue weighted by molar-refractivity contribution is -0.137. The molecule has 40 heavy (non-hydrogen) atoms. The number of nitrogens with one attached hydrogen (secondary N) is 2. The number of ether oxygens (including phenoxy) is 2. The van der Waals surface area contributed by atoms with Crippen molar-refractivity contribution in [3.05, 3.63) is 84.3 Å². The molecule has 0 radical (unpaired) electrons. The van der Waals surface area contributed by atoms with Crippen LogP contribution in [0.4, 0.5) is 24.5 Å². The quantitative estimate of drug-likeness (QED) is 0.368. The van der Waals surface area contributed by atoms with Crippen LogP contribution in [-0.2, 0) is 32.1 Å². The predicted molar refractivity (Wildman–Crippen MR) is 144 cm³/mol. The first kappa shape index (κ1) is 27.6. The second kappa shape index (κ2) is 11.7. The number of para-hydroxylation sites is 1. The zero-order valence-electron chi connectivity index (χ0n) is 21.2. The van der Waals surface area contributed by atoms with Gasteiger partial charge < -0.3 is 14.5 Å². The molecule has 0 atom stereocenters. The van der Waals surface area contributed by atoms with Crippen LogP contribution in [0.3, 0.4) is 0 Å². The lowest BCUT2D eigenvalue weighted by Crippen LogP contribution is -2.47. The SMILES string of the molecule is C1COCCO1.O=S1(=O)NC(=NCCc2c[nH]c3ccccc23)N(c2cccc(C(F)(F)F)c2)c2ccncc21. The highest BCUT2D eigenvalue weighted by atomic mass is 32.2. The molecule has 9 nitrogen and oxygen atoms in total. The summed E-state index contributed by atoms with van der Waals surface area (Å²) in [5.74, 6) is -0.0853. The third kappa shape index (κ3) is 6.11. The lowest BCUT2D eigenvalue weighted by Gasteiger charge is -2.32. The molecular weight excluding hydrogens is 547 g/mol. The number of pyridine rings is 1. The second-order valence-corrected chi connectivity index (χ2v) is 10.5. The first-order chi connectivity index (χ1) is 19.2. The summed E-state index contributed by atoms with van der Waals surface area (Å²) in [7, 11) is -4.00. The third-order valence-electron chi connectivity index (χ3n) is 6.22.